The number of hydrogen-bond donors (Lipinski definition) is 1. The molecule has 8 nitrogen and oxygen atoms in total. The van der Waals surface area contributed by atoms with Crippen LogP contribution in [0.2, 0.25) is 0 Å². The molecule has 1 aliphatic heterocycles. The number of hydrogen-bond acceptors (Lipinski definition) is 6. The maximum atomic E-state index is 12.3. The Labute approximate surface area is 152 Å². The van der Waals surface area contributed by atoms with Crippen LogP contribution < -0.4 is 0 Å². The molecular weight excluding hydrogens is 361 g/mol. The maximum absolute atomic E-state index is 12.3. The van der Waals surface area contributed by atoms with Crippen LogP contribution in [0.4, 0.5) is 4.79 Å². The smallest absolute Gasteiger partial charge is 0.410 e. The Balaban J connectivity index is 1.98. The first-order valence-corrected chi connectivity index (χ1v) is 10.0. The van der Waals surface area contributed by atoms with E-state index in [1.54, 1.807) is 0 Å². The standard InChI is InChI=1S/C17H24NO7P/c1-23-26(22,24-2)12-14-8-9-18(15(10-14)16(19)20)17(21)25-11-13-6-4-3-5-7-13/h3-7,14-15H,8-12H2,1-2H3,(H,19,20). The van der Waals surface area contributed by atoms with Crippen LogP contribution in [0.15, 0.2) is 30.3 Å². The number of likely N-dealkylation sites (tertiary alicyclic amines) is 1. The van der Waals surface area contributed by atoms with Gasteiger partial charge in [-0.3, -0.25) is 9.46 Å². The number of rotatable bonds is 7. The van der Waals surface area contributed by atoms with Gasteiger partial charge in [0, 0.05) is 20.8 Å². The number of aliphatic carboxylic acids is 1. The number of ether oxygens (including phenoxy) is 1. The largest absolute Gasteiger partial charge is 0.480 e. The van der Waals surface area contributed by atoms with Crippen LogP contribution in [0.1, 0.15) is 18.4 Å². The highest BCUT2D eigenvalue weighted by molar-refractivity contribution is 7.53. The third-order valence-electron chi connectivity index (χ3n) is 4.47. The van der Waals surface area contributed by atoms with Crippen molar-refractivity contribution in [2.75, 3.05) is 26.9 Å². The predicted octanol–water partition coefficient (Wildman–Crippen LogP) is 2.97. The second-order valence-electron chi connectivity index (χ2n) is 6.14. The lowest BCUT2D eigenvalue weighted by molar-refractivity contribution is -0.144. The highest BCUT2D eigenvalue weighted by atomic mass is 31.2. The Bertz CT molecular complexity index is 658. The zero-order chi connectivity index (χ0) is 19.2. The molecule has 1 aromatic rings. The molecule has 0 bridgehead atoms. The summed E-state index contributed by atoms with van der Waals surface area (Å²) >= 11 is 0. The fourth-order valence-corrected chi connectivity index (χ4v) is 4.41. The molecule has 1 aliphatic rings. The molecule has 0 spiro atoms. The van der Waals surface area contributed by atoms with Crippen LogP contribution in [0.5, 0.6) is 0 Å². The van der Waals surface area contributed by atoms with Gasteiger partial charge in [-0.05, 0) is 24.3 Å². The Morgan fingerprint density at radius 2 is 1.88 bits per heavy atom. The number of benzene rings is 1. The van der Waals surface area contributed by atoms with E-state index in [1.807, 2.05) is 30.3 Å². The van der Waals surface area contributed by atoms with Crippen molar-refractivity contribution in [3.63, 3.8) is 0 Å². The van der Waals surface area contributed by atoms with E-state index in [0.29, 0.717) is 6.42 Å². The van der Waals surface area contributed by atoms with Crippen molar-refractivity contribution < 1.29 is 33.0 Å². The molecule has 1 aromatic carbocycles. The number of carboxylic acid groups (broad SMARTS) is 1. The van der Waals surface area contributed by atoms with Crippen molar-refractivity contribution in [1.82, 2.24) is 4.90 Å². The third-order valence-corrected chi connectivity index (χ3v) is 6.55. The number of carbonyl (C=O) groups is 2. The van der Waals surface area contributed by atoms with E-state index in [4.69, 9.17) is 13.8 Å². The molecule has 1 amide bonds. The minimum absolute atomic E-state index is 0.0779. The minimum Gasteiger partial charge on any atom is -0.480 e. The summed E-state index contributed by atoms with van der Waals surface area (Å²) in [4.78, 5) is 25.2. The number of carbonyl (C=O) groups excluding carboxylic acids is 1. The number of piperidine rings is 1. The molecule has 1 heterocycles. The monoisotopic (exact) mass is 385 g/mol. The summed E-state index contributed by atoms with van der Waals surface area (Å²) in [7, 11) is -0.629. The van der Waals surface area contributed by atoms with Gasteiger partial charge >= 0.3 is 19.7 Å². The van der Waals surface area contributed by atoms with Crippen molar-refractivity contribution >= 4 is 19.7 Å². The van der Waals surface area contributed by atoms with Crippen LogP contribution in [-0.2, 0) is 29.8 Å². The zero-order valence-electron chi connectivity index (χ0n) is 14.9. The molecular formula is C17H24NO7P. The summed E-state index contributed by atoms with van der Waals surface area (Å²) in [6, 6.07) is 8.13. The van der Waals surface area contributed by atoms with Gasteiger partial charge in [0.05, 0.1) is 6.16 Å². The van der Waals surface area contributed by atoms with Gasteiger partial charge < -0.3 is 18.9 Å². The molecule has 1 N–H and O–H groups in total. The van der Waals surface area contributed by atoms with Crippen LogP contribution in [0.25, 0.3) is 0 Å². The van der Waals surface area contributed by atoms with Gasteiger partial charge in [0.25, 0.3) is 0 Å². The molecule has 1 fully saturated rings. The van der Waals surface area contributed by atoms with Gasteiger partial charge in [0.15, 0.2) is 0 Å². The normalized spacial score (nSPS) is 20.6. The van der Waals surface area contributed by atoms with Gasteiger partial charge in [0.1, 0.15) is 12.6 Å². The van der Waals surface area contributed by atoms with Crippen molar-refractivity contribution in [1.29, 1.82) is 0 Å². The van der Waals surface area contributed by atoms with Crippen molar-refractivity contribution in [2.24, 2.45) is 5.92 Å². The SMILES string of the molecule is COP(=O)(CC1CCN(C(=O)OCc2ccccc2)C(C(=O)O)C1)OC. The van der Waals surface area contributed by atoms with E-state index >= 15 is 0 Å². The molecule has 1 saturated heterocycles. The summed E-state index contributed by atoms with van der Waals surface area (Å²) in [6.07, 6.45) is 0.130. The lowest BCUT2D eigenvalue weighted by Gasteiger charge is -2.36. The molecule has 0 aromatic heterocycles. The van der Waals surface area contributed by atoms with E-state index in [2.05, 4.69) is 0 Å². The number of amides is 1. The molecule has 0 radical (unpaired) electrons. The van der Waals surface area contributed by atoms with Gasteiger partial charge in [0.2, 0.25) is 0 Å². The van der Waals surface area contributed by atoms with Crippen LogP contribution >= 0.6 is 7.60 Å². The third kappa shape index (κ3) is 5.30. The average Bonchev–Trinajstić information content (AvgIpc) is 2.66. The molecule has 2 rings (SSSR count). The first kappa shape index (κ1) is 20.4. The lowest BCUT2D eigenvalue weighted by Crippen LogP contribution is -2.50. The van der Waals surface area contributed by atoms with E-state index in [9.17, 15) is 19.3 Å². The quantitative estimate of drug-likeness (QED) is 0.720. The predicted molar refractivity (Wildman–Crippen MR) is 94.0 cm³/mol. The zero-order valence-corrected chi connectivity index (χ0v) is 15.8. The number of carboxylic acids is 1. The van der Waals surface area contributed by atoms with E-state index in [0.717, 1.165) is 5.56 Å². The molecule has 9 heteroatoms. The van der Waals surface area contributed by atoms with Gasteiger partial charge in [-0.15, -0.1) is 0 Å². The van der Waals surface area contributed by atoms with E-state index in [-0.39, 0.29) is 31.7 Å². The Hall–Kier alpha value is -1.89. The minimum atomic E-state index is -3.23. The van der Waals surface area contributed by atoms with Crippen LogP contribution in [-0.4, -0.2) is 55.0 Å². The summed E-state index contributed by atoms with van der Waals surface area (Å²) in [5.41, 5.74) is 0.823. The first-order valence-electron chi connectivity index (χ1n) is 8.29. The maximum Gasteiger partial charge on any atom is 0.410 e. The Kier molecular flexibility index (Phi) is 7.20. The summed E-state index contributed by atoms with van der Waals surface area (Å²) < 4.78 is 27.4. The second kappa shape index (κ2) is 9.16. The van der Waals surface area contributed by atoms with Crippen molar-refractivity contribution in [2.45, 2.75) is 25.5 Å². The highest BCUT2D eigenvalue weighted by Crippen LogP contribution is 2.49. The highest BCUT2D eigenvalue weighted by Gasteiger charge is 2.39. The molecule has 2 atom stereocenters. The van der Waals surface area contributed by atoms with E-state index in [1.165, 1.54) is 19.1 Å². The van der Waals surface area contributed by atoms with Gasteiger partial charge in [-0.25, -0.2) is 9.59 Å². The molecule has 2 unspecified atom stereocenters. The molecule has 0 saturated carbocycles. The summed E-state index contributed by atoms with van der Waals surface area (Å²) in [6.45, 7) is 0.289. The van der Waals surface area contributed by atoms with Crippen molar-refractivity contribution in [3.8, 4) is 0 Å². The second-order valence-corrected chi connectivity index (χ2v) is 8.45. The lowest BCUT2D eigenvalue weighted by atomic mass is 9.92. The van der Waals surface area contributed by atoms with Crippen molar-refractivity contribution in [3.05, 3.63) is 35.9 Å². The fraction of sp³-hybridized carbons (Fsp3) is 0.529. The molecule has 0 aliphatic carbocycles. The Morgan fingerprint density at radius 1 is 1.23 bits per heavy atom. The van der Waals surface area contributed by atoms with E-state index < -0.39 is 25.7 Å². The number of nitrogens with zero attached hydrogens (tertiary/aromatic N) is 1. The fourth-order valence-electron chi connectivity index (χ4n) is 3.00. The molecule has 26 heavy (non-hydrogen) atoms. The first-order chi connectivity index (χ1) is 12.4. The van der Waals surface area contributed by atoms with Gasteiger partial charge in [-0.1, -0.05) is 30.3 Å². The Morgan fingerprint density at radius 3 is 2.46 bits per heavy atom. The topological polar surface area (TPSA) is 102 Å². The van der Waals surface area contributed by atoms with Gasteiger partial charge in [-0.2, -0.15) is 0 Å². The summed E-state index contributed by atoms with van der Waals surface area (Å²) in [5, 5.41) is 9.49. The van der Waals surface area contributed by atoms with Crippen LogP contribution in [0.3, 0.4) is 0 Å². The molecule has 144 valence electrons. The van der Waals surface area contributed by atoms with Crippen LogP contribution in [0, 0.1) is 5.92 Å². The summed E-state index contributed by atoms with van der Waals surface area (Å²) in [5.74, 6) is -1.30. The average molecular weight is 385 g/mol.